The molecular weight excluding hydrogens is 1020 g/mol. The number of terminal acetylenes is 1. The van der Waals surface area contributed by atoms with E-state index in [1.165, 1.54) is 37.1 Å². The summed E-state index contributed by atoms with van der Waals surface area (Å²) in [7, 11) is -9.56. The van der Waals surface area contributed by atoms with Crippen molar-refractivity contribution in [3.05, 3.63) is 194 Å². The van der Waals surface area contributed by atoms with Crippen LogP contribution in [0, 0.1) is 24.2 Å². The molecule has 0 radical (unpaired) electrons. The lowest BCUT2D eigenvalue weighted by Gasteiger charge is -2.03. The van der Waals surface area contributed by atoms with E-state index in [0.717, 1.165) is 37.0 Å². The van der Waals surface area contributed by atoms with Gasteiger partial charge >= 0.3 is 0 Å². The molecule has 9 rings (SSSR count). The highest BCUT2D eigenvalue weighted by atomic mass is 35.5. The summed E-state index contributed by atoms with van der Waals surface area (Å²) in [5.74, 6) is 8.54. The van der Waals surface area contributed by atoms with E-state index in [4.69, 9.17) is 18.0 Å². The Morgan fingerprint density at radius 2 is 0.929 bits per heavy atom. The van der Waals surface area contributed by atoms with Gasteiger partial charge in [-0.25, -0.2) is 40.2 Å². The Morgan fingerprint density at radius 1 is 0.486 bits per heavy atom. The van der Waals surface area contributed by atoms with Gasteiger partial charge in [0.2, 0.25) is 0 Å². The van der Waals surface area contributed by atoms with Crippen LogP contribution in [0.4, 0.5) is 0 Å². The number of sulfone groups is 3. The number of hydrogen-bond acceptors (Lipinski definition) is 15. The summed E-state index contributed by atoms with van der Waals surface area (Å²) in [6, 6.07) is 31.4. The number of rotatable bonds is 8. The van der Waals surface area contributed by atoms with Gasteiger partial charge in [-0.2, -0.15) is 0 Å². The van der Waals surface area contributed by atoms with Crippen molar-refractivity contribution in [1.82, 2.24) is 29.9 Å². The van der Waals surface area contributed by atoms with Gasteiger partial charge in [0, 0.05) is 40.3 Å². The summed E-state index contributed by atoms with van der Waals surface area (Å²) >= 11 is 10.5. The van der Waals surface area contributed by atoms with Gasteiger partial charge in [0.1, 0.15) is 10.8 Å². The third kappa shape index (κ3) is 16.3. The van der Waals surface area contributed by atoms with Gasteiger partial charge in [-0.05, 0) is 94.7 Å². The number of halogens is 1. The molecule has 6 heterocycles. The van der Waals surface area contributed by atoms with E-state index in [-0.39, 0.29) is 9.79 Å². The minimum absolute atomic E-state index is 0.274. The molecule has 3 aromatic carbocycles. The second kappa shape index (κ2) is 24.5. The van der Waals surface area contributed by atoms with E-state index < -0.39 is 29.5 Å². The maximum atomic E-state index is 11.5. The normalized spacial score (nSPS) is 11.0. The molecule has 0 atom stereocenters. The first-order valence-electron chi connectivity index (χ1n) is 20.2. The molecule has 0 saturated heterocycles. The molecule has 352 valence electrons. The number of benzene rings is 3. The molecule has 70 heavy (non-hydrogen) atoms. The van der Waals surface area contributed by atoms with Crippen molar-refractivity contribution >= 4 is 87.3 Å². The maximum Gasteiger partial charge on any atom is 0.175 e. The lowest BCUT2D eigenvalue weighted by Crippen LogP contribution is -1.96. The van der Waals surface area contributed by atoms with Gasteiger partial charge in [0.15, 0.2) is 29.5 Å². The second-order valence-corrected chi connectivity index (χ2v) is 23.7. The Morgan fingerprint density at radius 3 is 1.36 bits per heavy atom. The highest BCUT2D eigenvalue weighted by Gasteiger charge is 2.10. The van der Waals surface area contributed by atoms with Crippen LogP contribution in [0.3, 0.4) is 0 Å². The Hall–Kier alpha value is -7.00. The van der Waals surface area contributed by atoms with Gasteiger partial charge in [0.25, 0.3) is 0 Å². The smallest absolute Gasteiger partial charge is 0.175 e. The molecule has 19 heteroatoms. The third-order valence-electron chi connectivity index (χ3n) is 9.09. The van der Waals surface area contributed by atoms with Crippen molar-refractivity contribution in [3.63, 3.8) is 0 Å². The van der Waals surface area contributed by atoms with Crippen molar-refractivity contribution < 1.29 is 25.3 Å². The molecular formula is C51H39ClN6O6S6. The van der Waals surface area contributed by atoms with Crippen LogP contribution in [0.25, 0.3) is 45.9 Å². The molecule has 0 saturated carbocycles. The van der Waals surface area contributed by atoms with Gasteiger partial charge in [-0.15, -0.1) is 40.4 Å². The van der Waals surface area contributed by atoms with Gasteiger partial charge in [-0.3, -0.25) is 15.0 Å². The fraction of sp³-hybridized carbons (Fsp3) is 0.0588. The largest absolute Gasteiger partial charge is 0.260 e. The Bertz CT molecular complexity index is 3630. The van der Waals surface area contributed by atoms with Crippen LogP contribution in [0.2, 0.25) is 5.15 Å². The van der Waals surface area contributed by atoms with Crippen LogP contribution in [-0.2, 0) is 29.5 Å². The molecule has 9 aromatic rings. The first-order chi connectivity index (χ1) is 33.4. The van der Waals surface area contributed by atoms with Crippen molar-refractivity contribution in [3.8, 4) is 58.0 Å². The highest BCUT2D eigenvalue weighted by molar-refractivity contribution is 7.91. The number of nitrogens with zero attached hydrogens (tertiary/aromatic N) is 6. The van der Waals surface area contributed by atoms with Crippen LogP contribution in [-0.4, -0.2) is 73.9 Å². The molecule has 0 unspecified atom stereocenters. The topological polar surface area (TPSA) is 180 Å². The fourth-order valence-electron chi connectivity index (χ4n) is 5.66. The van der Waals surface area contributed by atoms with E-state index in [2.05, 4.69) is 47.7 Å². The molecule has 0 bridgehead atoms. The monoisotopic (exact) mass is 1060 g/mol. The lowest BCUT2D eigenvalue weighted by molar-refractivity contribution is 0.600. The van der Waals surface area contributed by atoms with Crippen LogP contribution in [0.15, 0.2) is 177 Å². The van der Waals surface area contributed by atoms with Crippen LogP contribution in [0.5, 0.6) is 0 Å². The molecule has 6 aromatic heterocycles. The first kappa shape index (κ1) is 52.4. The zero-order valence-electron chi connectivity index (χ0n) is 37.3. The zero-order valence-corrected chi connectivity index (χ0v) is 42.9. The summed E-state index contributed by atoms with van der Waals surface area (Å²) in [6.45, 7) is 0. The van der Waals surface area contributed by atoms with Crippen molar-refractivity contribution in [2.24, 2.45) is 0 Å². The van der Waals surface area contributed by atoms with Crippen molar-refractivity contribution in [1.29, 1.82) is 0 Å². The summed E-state index contributed by atoms with van der Waals surface area (Å²) in [5, 5.41) is 6.25. The third-order valence-corrected chi connectivity index (χ3v) is 15.1. The summed E-state index contributed by atoms with van der Waals surface area (Å²) in [5.41, 5.74) is 5.69. The zero-order chi connectivity index (χ0) is 50.2. The number of aromatic nitrogens is 6. The minimum atomic E-state index is -3.20. The van der Waals surface area contributed by atoms with Crippen LogP contribution < -0.4 is 0 Å². The Kier molecular flexibility index (Phi) is 18.3. The van der Waals surface area contributed by atoms with E-state index in [0.29, 0.717) is 32.8 Å². The molecule has 0 spiro atoms. The average molecular weight is 1060 g/mol. The van der Waals surface area contributed by atoms with Crippen LogP contribution in [0.1, 0.15) is 26.0 Å². The molecule has 0 fully saturated rings. The predicted octanol–water partition coefficient (Wildman–Crippen LogP) is 10.7. The Balaban J connectivity index is 0.000000162. The number of hydrogen-bond donors (Lipinski definition) is 0. The standard InChI is InChI=1S/C17H14N2O2S2.C17H12N2O2S2.C11H9ClN2O2S.C6H4S/c2*1-23(20,21)16-8-4-13(5-9-16)17-12-18-11-14(19-17)6-7-15-3-2-10-22-15;1-17(15,16)9-4-2-8(3-5-9)10-6-13-7-11(12)14-10;1-2-6-4-3-5-7-6/h2-12H,1H3;2-5,8-12H,1H3;2-7H,1H3;1,3-5H/b7-6-;;;. The molecule has 12 nitrogen and oxygen atoms in total. The first-order valence-corrected chi connectivity index (χ1v) is 28.9. The minimum Gasteiger partial charge on any atom is -0.260 e. The van der Waals surface area contributed by atoms with Gasteiger partial charge in [0.05, 0.1) is 84.4 Å². The predicted molar refractivity (Wildman–Crippen MR) is 283 cm³/mol. The maximum absolute atomic E-state index is 11.5. The second-order valence-electron chi connectivity index (χ2n) is 14.4. The Labute approximate surface area is 424 Å². The lowest BCUT2D eigenvalue weighted by atomic mass is 10.1. The van der Waals surface area contributed by atoms with E-state index in [1.807, 2.05) is 64.7 Å². The average Bonchev–Trinajstić information content (AvgIpc) is 4.19. The molecule has 0 aliphatic rings. The van der Waals surface area contributed by atoms with Crippen molar-refractivity contribution in [2.75, 3.05) is 18.8 Å². The summed E-state index contributed by atoms with van der Waals surface area (Å²) < 4.78 is 68.5. The van der Waals surface area contributed by atoms with E-state index in [1.54, 1.807) is 126 Å². The quantitative estimate of drug-likeness (QED) is 0.132. The summed E-state index contributed by atoms with van der Waals surface area (Å²) in [6.07, 6.45) is 22.1. The number of thiophene rings is 3. The molecule has 0 amide bonds. The molecule has 0 N–H and O–H groups in total. The SMILES string of the molecule is C#Cc1cccs1.CS(=O)(=O)c1ccc(-c2cncc(/C=C\c3cccs3)n2)cc1.CS(=O)(=O)c1ccc(-c2cncc(C#Cc3cccs3)n2)cc1.CS(=O)(=O)c1ccc(-c2cncc(Cl)n2)cc1. The van der Waals surface area contributed by atoms with E-state index >= 15 is 0 Å². The van der Waals surface area contributed by atoms with Gasteiger partial charge in [-0.1, -0.05) is 72.1 Å². The van der Waals surface area contributed by atoms with Crippen molar-refractivity contribution in [2.45, 2.75) is 14.7 Å². The fourth-order valence-corrected chi connectivity index (χ4v) is 9.41. The van der Waals surface area contributed by atoms with Crippen LogP contribution >= 0.6 is 45.6 Å². The molecule has 0 aliphatic carbocycles. The molecule has 0 aliphatic heterocycles. The van der Waals surface area contributed by atoms with E-state index in [9.17, 15) is 25.3 Å². The summed E-state index contributed by atoms with van der Waals surface area (Å²) in [4.78, 5) is 29.3. The highest BCUT2D eigenvalue weighted by Crippen LogP contribution is 2.23. The van der Waals surface area contributed by atoms with Gasteiger partial charge < -0.3 is 0 Å².